The van der Waals surface area contributed by atoms with Crippen LogP contribution in [0, 0.1) is 5.41 Å². The van der Waals surface area contributed by atoms with Crippen molar-refractivity contribution in [1.29, 1.82) is 0 Å². The normalized spacial score (nSPS) is 26.4. The number of piperidine rings is 1. The van der Waals surface area contributed by atoms with Crippen LogP contribution in [0.25, 0.3) is 0 Å². The van der Waals surface area contributed by atoms with Gasteiger partial charge in [-0.15, -0.1) is 0 Å². The van der Waals surface area contributed by atoms with E-state index in [1.54, 1.807) is 12.1 Å². The second-order valence-electron chi connectivity index (χ2n) is 5.54. The first-order valence-corrected chi connectivity index (χ1v) is 7.49. The van der Waals surface area contributed by atoms with Crippen LogP contribution in [0.3, 0.4) is 0 Å². The Labute approximate surface area is 124 Å². The lowest BCUT2D eigenvalue weighted by Crippen LogP contribution is -2.50. The summed E-state index contributed by atoms with van der Waals surface area (Å²) in [4.78, 5) is 24.2. The Kier molecular flexibility index (Phi) is 4.48. The van der Waals surface area contributed by atoms with Crippen molar-refractivity contribution in [1.82, 2.24) is 5.32 Å². The number of imide groups is 1. The molecule has 2 unspecified atom stereocenters. The molecule has 1 heterocycles. The maximum absolute atomic E-state index is 12.4. The number of halogens is 1. The Morgan fingerprint density at radius 3 is 2.45 bits per heavy atom. The zero-order valence-corrected chi connectivity index (χ0v) is 12.7. The van der Waals surface area contributed by atoms with E-state index in [4.69, 9.17) is 11.6 Å². The highest BCUT2D eigenvalue weighted by Gasteiger charge is 2.47. The number of carbonyl (C=O) groups excluding carboxylic acids is 2. The van der Waals surface area contributed by atoms with Crippen molar-refractivity contribution in [2.45, 2.75) is 45.4 Å². The van der Waals surface area contributed by atoms with Gasteiger partial charge in [0.05, 0.1) is 5.92 Å². The molecule has 0 aliphatic carbocycles. The Hall–Kier alpha value is -1.35. The largest absolute Gasteiger partial charge is 0.296 e. The molecule has 0 aromatic heterocycles. The van der Waals surface area contributed by atoms with Crippen molar-refractivity contribution in [2.24, 2.45) is 5.41 Å². The van der Waals surface area contributed by atoms with Gasteiger partial charge in [0.2, 0.25) is 11.8 Å². The van der Waals surface area contributed by atoms with Gasteiger partial charge in [-0.2, -0.15) is 0 Å². The fourth-order valence-corrected chi connectivity index (χ4v) is 3.48. The molecule has 1 aliphatic heterocycles. The molecule has 108 valence electrons. The molecule has 1 fully saturated rings. The number of amides is 2. The highest BCUT2D eigenvalue weighted by atomic mass is 35.5. The predicted octanol–water partition coefficient (Wildman–Crippen LogP) is 3.67. The molecular formula is C16H20ClNO2. The van der Waals surface area contributed by atoms with Gasteiger partial charge in [0.25, 0.3) is 0 Å². The molecule has 1 aromatic rings. The summed E-state index contributed by atoms with van der Waals surface area (Å²) in [5, 5.41) is 3.13. The second kappa shape index (κ2) is 5.96. The van der Waals surface area contributed by atoms with Crippen LogP contribution in [0.5, 0.6) is 0 Å². The molecule has 1 aromatic carbocycles. The van der Waals surface area contributed by atoms with E-state index in [0.29, 0.717) is 11.4 Å². The number of benzene rings is 1. The number of hydrogen-bond acceptors (Lipinski definition) is 2. The molecule has 1 aliphatic rings. The molecular weight excluding hydrogens is 274 g/mol. The quantitative estimate of drug-likeness (QED) is 0.861. The third kappa shape index (κ3) is 2.73. The van der Waals surface area contributed by atoms with Crippen LogP contribution < -0.4 is 5.32 Å². The van der Waals surface area contributed by atoms with Crippen LogP contribution >= 0.6 is 11.6 Å². The summed E-state index contributed by atoms with van der Waals surface area (Å²) in [5.41, 5.74) is 0.664. The minimum Gasteiger partial charge on any atom is -0.296 e. The van der Waals surface area contributed by atoms with Crippen LogP contribution in [-0.2, 0) is 9.59 Å². The standard InChI is InChI=1S/C16H20ClNO2/c1-3-9-16(4-2)10-13(19)18-15(20)14(16)11-5-7-12(17)8-6-11/h5-8,14H,3-4,9-10H2,1-2H3,(H,18,19,20). The summed E-state index contributed by atoms with van der Waals surface area (Å²) in [6.45, 7) is 4.15. The van der Waals surface area contributed by atoms with E-state index in [1.807, 2.05) is 12.1 Å². The summed E-state index contributed by atoms with van der Waals surface area (Å²) in [6.07, 6.45) is 3.05. The van der Waals surface area contributed by atoms with Gasteiger partial charge < -0.3 is 0 Å². The molecule has 1 saturated heterocycles. The van der Waals surface area contributed by atoms with Crippen LogP contribution in [0.2, 0.25) is 5.02 Å². The van der Waals surface area contributed by atoms with Crippen molar-refractivity contribution in [3.63, 3.8) is 0 Å². The second-order valence-corrected chi connectivity index (χ2v) is 5.98. The summed E-state index contributed by atoms with van der Waals surface area (Å²) in [5.74, 6) is -0.614. The summed E-state index contributed by atoms with van der Waals surface area (Å²) < 4.78 is 0. The van der Waals surface area contributed by atoms with Gasteiger partial charge in [0.15, 0.2) is 0 Å². The maximum Gasteiger partial charge on any atom is 0.234 e. The molecule has 0 radical (unpaired) electrons. The van der Waals surface area contributed by atoms with Crippen molar-refractivity contribution >= 4 is 23.4 Å². The highest BCUT2D eigenvalue weighted by molar-refractivity contribution is 6.30. The van der Waals surface area contributed by atoms with Crippen LogP contribution in [0.15, 0.2) is 24.3 Å². The van der Waals surface area contributed by atoms with Crippen molar-refractivity contribution in [3.8, 4) is 0 Å². The zero-order valence-electron chi connectivity index (χ0n) is 11.9. The lowest BCUT2D eigenvalue weighted by molar-refractivity contribution is -0.140. The lowest BCUT2D eigenvalue weighted by atomic mass is 9.63. The van der Waals surface area contributed by atoms with Gasteiger partial charge in [-0.25, -0.2) is 0 Å². The van der Waals surface area contributed by atoms with Crippen LogP contribution in [0.1, 0.15) is 51.0 Å². The Bertz CT molecular complexity index is 512. The minimum atomic E-state index is -0.276. The minimum absolute atomic E-state index is 0.157. The molecule has 2 rings (SSSR count). The van der Waals surface area contributed by atoms with Gasteiger partial charge in [0.1, 0.15) is 0 Å². The summed E-state index contributed by atoms with van der Waals surface area (Å²) in [7, 11) is 0. The van der Waals surface area contributed by atoms with E-state index in [0.717, 1.165) is 24.8 Å². The molecule has 2 amide bonds. The first-order chi connectivity index (χ1) is 9.52. The van der Waals surface area contributed by atoms with Crippen LogP contribution in [0.4, 0.5) is 0 Å². The number of carbonyl (C=O) groups is 2. The molecule has 20 heavy (non-hydrogen) atoms. The first kappa shape index (κ1) is 15.0. The molecule has 3 nitrogen and oxygen atoms in total. The van der Waals surface area contributed by atoms with Gasteiger partial charge >= 0.3 is 0 Å². The van der Waals surface area contributed by atoms with Gasteiger partial charge in [0, 0.05) is 11.4 Å². The van der Waals surface area contributed by atoms with E-state index in [2.05, 4.69) is 19.2 Å². The van der Waals surface area contributed by atoms with Crippen LogP contribution in [-0.4, -0.2) is 11.8 Å². The van der Waals surface area contributed by atoms with E-state index >= 15 is 0 Å². The topological polar surface area (TPSA) is 46.2 Å². The average molecular weight is 294 g/mol. The Balaban J connectivity index is 2.46. The molecule has 1 N–H and O–H groups in total. The number of nitrogens with one attached hydrogen (secondary N) is 1. The predicted molar refractivity (Wildman–Crippen MR) is 79.6 cm³/mol. The zero-order chi connectivity index (χ0) is 14.8. The Morgan fingerprint density at radius 1 is 1.25 bits per heavy atom. The monoisotopic (exact) mass is 293 g/mol. The summed E-state index contributed by atoms with van der Waals surface area (Å²) >= 11 is 5.92. The fraction of sp³-hybridized carbons (Fsp3) is 0.500. The lowest BCUT2D eigenvalue weighted by Gasteiger charge is -2.42. The average Bonchev–Trinajstić information content (AvgIpc) is 2.40. The molecule has 0 saturated carbocycles. The van der Waals surface area contributed by atoms with Crippen molar-refractivity contribution < 1.29 is 9.59 Å². The SMILES string of the molecule is CCCC1(CC)CC(=O)NC(=O)C1c1ccc(Cl)cc1. The first-order valence-electron chi connectivity index (χ1n) is 7.11. The molecule has 0 spiro atoms. The van der Waals surface area contributed by atoms with E-state index in [1.165, 1.54) is 0 Å². The summed E-state index contributed by atoms with van der Waals surface area (Å²) in [6, 6.07) is 7.38. The van der Waals surface area contributed by atoms with Crippen molar-refractivity contribution in [2.75, 3.05) is 0 Å². The van der Waals surface area contributed by atoms with Gasteiger partial charge in [-0.3, -0.25) is 14.9 Å². The number of hydrogen-bond donors (Lipinski definition) is 1. The highest BCUT2D eigenvalue weighted by Crippen LogP contribution is 2.48. The van der Waals surface area contributed by atoms with Crippen molar-refractivity contribution in [3.05, 3.63) is 34.9 Å². The van der Waals surface area contributed by atoms with Gasteiger partial charge in [-0.05, 0) is 36.0 Å². The Morgan fingerprint density at radius 2 is 1.90 bits per heavy atom. The van der Waals surface area contributed by atoms with E-state index < -0.39 is 0 Å². The fourth-order valence-electron chi connectivity index (χ4n) is 3.35. The molecule has 0 bridgehead atoms. The van der Waals surface area contributed by atoms with E-state index in [9.17, 15) is 9.59 Å². The smallest absolute Gasteiger partial charge is 0.234 e. The molecule has 4 heteroatoms. The van der Waals surface area contributed by atoms with E-state index in [-0.39, 0.29) is 23.1 Å². The maximum atomic E-state index is 12.4. The third-order valence-electron chi connectivity index (χ3n) is 4.31. The molecule has 2 atom stereocenters. The third-order valence-corrected chi connectivity index (χ3v) is 4.56. The number of rotatable bonds is 4. The van der Waals surface area contributed by atoms with Gasteiger partial charge in [-0.1, -0.05) is 44.0 Å².